The number of benzene rings is 1. The number of carboxylic acids is 1. The Bertz CT molecular complexity index is 653. The summed E-state index contributed by atoms with van der Waals surface area (Å²) < 4.78 is 25.0. The van der Waals surface area contributed by atoms with E-state index in [9.17, 15) is 23.2 Å². The Kier molecular flexibility index (Phi) is 5.71. The number of aliphatic carboxylic acids is 1. The molecule has 2 rings (SSSR count). The number of hydrogen-bond acceptors (Lipinski definition) is 3. The lowest BCUT2D eigenvalue weighted by Crippen LogP contribution is -2.58. The van der Waals surface area contributed by atoms with Gasteiger partial charge in [-0.1, -0.05) is 18.2 Å². The predicted molar refractivity (Wildman–Crippen MR) is 85.3 cm³/mol. The molecule has 136 valence electrons. The third kappa shape index (κ3) is 4.12. The largest absolute Gasteiger partial charge is 0.480 e. The minimum atomic E-state index is -2.86. The number of halogens is 2. The van der Waals surface area contributed by atoms with Gasteiger partial charge in [0.05, 0.1) is 0 Å². The van der Waals surface area contributed by atoms with Crippen LogP contribution in [0.3, 0.4) is 0 Å². The number of alkyl halides is 2. The molecule has 2 atom stereocenters. The first kappa shape index (κ1) is 18.8. The van der Waals surface area contributed by atoms with Crippen molar-refractivity contribution in [1.29, 1.82) is 0 Å². The second kappa shape index (κ2) is 7.58. The highest BCUT2D eigenvalue weighted by molar-refractivity contribution is 6.00. The molecule has 1 aliphatic rings. The maximum atomic E-state index is 12.7. The summed E-state index contributed by atoms with van der Waals surface area (Å²) in [4.78, 5) is 37.7. The maximum Gasteiger partial charge on any atom is 0.326 e. The molecule has 8 heteroatoms. The van der Waals surface area contributed by atoms with Crippen LogP contribution in [0.4, 0.5) is 8.78 Å². The van der Waals surface area contributed by atoms with E-state index < -0.39 is 36.3 Å². The molecule has 1 aromatic rings. The second-order valence-corrected chi connectivity index (χ2v) is 6.19. The molecular weight excluding hydrogens is 334 g/mol. The molecule has 2 unspecified atom stereocenters. The topological polar surface area (TPSA) is 86.7 Å². The van der Waals surface area contributed by atoms with Crippen LogP contribution in [0.2, 0.25) is 0 Å². The van der Waals surface area contributed by atoms with Gasteiger partial charge in [-0.3, -0.25) is 9.59 Å². The molecule has 25 heavy (non-hydrogen) atoms. The van der Waals surface area contributed by atoms with Crippen LogP contribution >= 0.6 is 0 Å². The second-order valence-electron chi connectivity index (χ2n) is 6.19. The molecule has 0 aliphatic carbocycles. The van der Waals surface area contributed by atoms with Gasteiger partial charge in [0.25, 0.3) is 5.91 Å². The molecular formula is C17H20F2N2O4. The summed E-state index contributed by atoms with van der Waals surface area (Å²) >= 11 is 0. The van der Waals surface area contributed by atoms with Gasteiger partial charge in [-0.15, -0.1) is 0 Å². The molecule has 0 saturated carbocycles. The van der Waals surface area contributed by atoms with Gasteiger partial charge < -0.3 is 15.3 Å². The molecule has 6 nitrogen and oxygen atoms in total. The van der Waals surface area contributed by atoms with Crippen molar-refractivity contribution in [2.75, 3.05) is 6.54 Å². The molecule has 1 heterocycles. The molecule has 0 radical (unpaired) electrons. The van der Waals surface area contributed by atoms with E-state index in [-0.39, 0.29) is 5.91 Å². The number of nitrogens with one attached hydrogen (secondary N) is 1. The van der Waals surface area contributed by atoms with Crippen LogP contribution in [0, 0.1) is 0 Å². The van der Waals surface area contributed by atoms with Crippen LogP contribution in [-0.2, 0) is 9.59 Å². The number of amides is 2. The van der Waals surface area contributed by atoms with Crippen molar-refractivity contribution in [3.8, 4) is 0 Å². The zero-order valence-corrected chi connectivity index (χ0v) is 13.7. The van der Waals surface area contributed by atoms with Crippen molar-refractivity contribution >= 4 is 17.8 Å². The van der Waals surface area contributed by atoms with E-state index in [1.165, 1.54) is 11.8 Å². The summed E-state index contributed by atoms with van der Waals surface area (Å²) in [5, 5.41) is 11.2. The van der Waals surface area contributed by atoms with E-state index in [2.05, 4.69) is 5.32 Å². The molecule has 2 amide bonds. The van der Waals surface area contributed by atoms with Gasteiger partial charge in [-0.05, 0) is 31.9 Å². The zero-order valence-electron chi connectivity index (χ0n) is 13.7. The zero-order chi connectivity index (χ0) is 18.6. The SMILES string of the molecule is CC1(C(=O)NC(CC(F)F)C(=O)O)CCCN1C(=O)c1ccccc1. The van der Waals surface area contributed by atoms with E-state index in [0.717, 1.165) is 0 Å². The van der Waals surface area contributed by atoms with Gasteiger partial charge in [0, 0.05) is 18.5 Å². The number of carboxylic acid groups (broad SMARTS) is 1. The molecule has 1 aromatic carbocycles. The number of likely N-dealkylation sites (tertiary alicyclic amines) is 1. The number of nitrogens with zero attached hydrogens (tertiary/aromatic N) is 1. The van der Waals surface area contributed by atoms with Crippen molar-refractivity contribution in [2.45, 2.75) is 44.2 Å². The van der Waals surface area contributed by atoms with Gasteiger partial charge in [0.1, 0.15) is 11.6 Å². The first-order chi connectivity index (χ1) is 11.8. The fraction of sp³-hybridized carbons (Fsp3) is 0.471. The first-order valence-electron chi connectivity index (χ1n) is 7.94. The molecule has 0 bridgehead atoms. The fourth-order valence-electron chi connectivity index (χ4n) is 2.97. The Morgan fingerprint density at radius 2 is 1.92 bits per heavy atom. The number of hydrogen-bond donors (Lipinski definition) is 2. The van der Waals surface area contributed by atoms with Crippen molar-refractivity contribution in [2.24, 2.45) is 0 Å². The lowest BCUT2D eigenvalue weighted by molar-refractivity contribution is -0.144. The first-order valence-corrected chi connectivity index (χ1v) is 7.94. The number of carbonyl (C=O) groups is 3. The van der Waals surface area contributed by atoms with E-state index in [0.29, 0.717) is 24.9 Å². The summed E-state index contributed by atoms with van der Waals surface area (Å²) in [5.41, 5.74) is -0.867. The Balaban J connectivity index is 2.18. The van der Waals surface area contributed by atoms with Crippen LogP contribution < -0.4 is 5.32 Å². The minimum Gasteiger partial charge on any atom is -0.480 e. The average Bonchev–Trinajstić information content (AvgIpc) is 2.97. The van der Waals surface area contributed by atoms with Gasteiger partial charge in [0.2, 0.25) is 12.3 Å². The van der Waals surface area contributed by atoms with E-state index in [1.807, 2.05) is 0 Å². The van der Waals surface area contributed by atoms with Crippen LogP contribution in [0.15, 0.2) is 30.3 Å². The fourth-order valence-corrected chi connectivity index (χ4v) is 2.97. The Morgan fingerprint density at radius 1 is 1.28 bits per heavy atom. The van der Waals surface area contributed by atoms with Gasteiger partial charge in [-0.25, -0.2) is 13.6 Å². The lowest BCUT2D eigenvalue weighted by atomic mass is 9.96. The van der Waals surface area contributed by atoms with Gasteiger partial charge in [-0.2, -0.15) is 0 Å². The van der Waals surface area contributed by atoms with Crippen molar-refractivity contribution in [1.82, 2.24) is 10.2 Å². The summed E-state index contributed by atoms with van der Waals surface area (Å²) in [7, 11) is 0. The quantitative estimate of drug-likeness (QED) is 0.817. The summed E-state index contributed by atoms with van der Waals surface area (Å²) in [6.07, 6.45) is -2.95. The molecule has 1 aliphatic heterocycles. The highest BCUT2D eigenvalue weighted by atomic mass is 19.3. The highest BCUT2D eigenvalue weighted by Gasteiger charge is 2.46. The molecule has 0 aromatic heterocycles. The standard InChI is InChI=1S/C17H20F2N2O4/c1-17(16(25)20-12(15(23)24)10-13(18)19)8-5-9-21(17)14(22)11-6-3-2-4-7-11/h2-4,6-7,12-13H,5,8-10H2,1H3,(H,20,25)(H,23,24). The number of carbonyl (C=O) groups excluding carboxylic acids is 2. The molecule has 1 fully saturated rings. The molecule has 0 spiro atoms. The third-order valence-corrected chi connectivity index (χ3v) is 4.41. The van der Waals surface area contributed by atoms with Crippen LogP contribution in [0.5, 0.6) is 0 Å². The normalized spacial score (nSPS) is 21.2. The van der Waals surface area contributed by atoms with Crippen molar-refractivity contribution in [3.63, 3.8) is 0 Å². The van der Waals surface area contributed by atoms with E-state index in [1.54, 1.807) is 30.3 Å². The van der Waals surface area contributed by atoms with Gasteiger partial charge in [0.15, 0.2) is 0 Å². The molecule has 2 N–H and O–H groups in total. The molecule has 1 saturated heterocycles. The van der Waals surface area contributed by atoms with E-state index >= 15 is 0 Å². The maximum absolute atomic E-state index is 12.7. The minimum absolute atomic E-state index is 0.332. The van der Waals surface area contributed by atoms with Gasteiger partial charge >= 0.3 is 5.97 Å². The van der Waals surface area contributed by atoms with Crippen LogP contribution in [-0.4, -0.2) is 52.3 Å². The number of rotatable bonds is 6. The van der Waals surface area contributed by atoms with E-state index in [4.69, 9.17) is 5.11 Å². The summed E-state index contributed by atoms with van der Waals surface area (Å²) in [5.74, 6) is -2.62. The lowest BCUT2D eigenvalue weighted by Gasteiger charge is -2.34. The summed E-state index contributed by atoms with van der Waals surface area (Å²) in [6, 6.07) is 6.70. The average molecular weight is 354 g/mol. The Labute approximate surface area is 143 Å². The van der Waals surface area contributed by atoms with Crippen molar-refractivity contribution < 1.29 is 28.3 Å². The predicted octanol–water partition coefficient (Wildman–Crippen LogP) is 1.91. The monoisotopic (exact) mass is 354 g/mol. The third-order valence-electron chi connectivity index (χ3n) is 4.41. The van der Waals surface area contributed by atoms with Crippen molar-refractivity contribution in [3.05, 3.63) is 35.9 Å². The van der Waals surface area contributed by atoms with Crippen LogP contribution in [0.1, 0.15) is 36.5 Å². The Hall–Kier alpha value is -2.51. The Morgan fingerprint density at radius 3 is 2.48 bits per heavy atom. The smallest absolute Gasteiger partial charge is 0.326 e. The highest BCUT2D eigenvalue weighted by Crippen LogP contribution is 2.31. The van der Waals surface area contributed by atoms with Crippen LogP contribution in [0.25, 0.3) is 0 Å². The summed E-state index contributed by atoms with van der Waals surface area (Å²) in [6.45, 7) is 1.86.